The first-order valence-corrected chi connectivity index (χ1v) is 4.58. The quantitative estimate of drug-likeness (QED) is 0.815. The third kappa shape index (κ3) is 2.36. The van der Waals surface area contributed by atoms with Gasteiger partial charge in [0, 0.05) is 6.20 Å². The molecule has 88 valence electrons. The molecule has 0 aliphatic heterocycles. The van der Waals surface area contributed by atoms with Gasteiger partial charge in [0.2, 0.25) is 5.95 Å². The number of amides is 1. The number of carbonyl (C=O) groups is 1. The minimum absolute atomic E-state index is 0.0723. The minimum Gasteiger partial charge on any atom is -0.466 e. The summed E-state index contributed by atoms with van der Waals surface area (Å²) in [5.41, 5.74) is -0.129. The van der Waals surface area contributed by atoms with Crippen LogP contribution in [0.4, 0.5) is 10.3 Å². The van der Waals surface area contributed by atoms with Gasteiger partial charge in [-0.2, -0.15) is 4.98 Å². The molecular formula is C9H8FN5O2. The minimum atomic E-state index is -0.712. The molecule has 2 aromatic heterocycles. The summed E-state index contributed by atoms with van der Waals surface area (Å²) in [5, 5.41) is 8.38. The summed E-state index contributed by atoms with van der Waals surface area (Å²) in [5.74, 6) is -1.29. The summed E-state index contributed by atoms with van der Waals surface area (Å²) < 4.78 is 17.9. The third-order valence-corrected chi connectivity index (χ3v) is 1.90. The van der Waals surface area contributed by atoms with E-state index >= 15 is 0 Å². The van der Waals surface area contributed by atoms with Gasteiger partial charge < -0.3 is 4.74 Å². The van der Waals surface area contributed by atoms with Crippen LogP contribution in [0.2, 0.25) is 0 Å². The number of pyridine rings is 1. The van der Waals surface area contributed by atoms with E-state index in [1.165, 1.54) is 19.4 Å². The fourth-order valence-corrected chi connectivity index (χ4v) is 1.13. The first-order valence-electron chi connectivity index (χ1n) is 4.58. The fraction of sp³-hybridized carbons (Fsp3) is 0.111. The lowest BCUT2D eigenvalue weighted by atomic mass is 10.2. The van der Waals surface area contributed by atoms with Gasteiger partial charge in [-0.3, -0.25) is 15.1 Å². The van der Waals surface area contributed by atoms with Crippen LogP contribution in [0.1, 0.15) is 10.4 Å². The number of rotatable bonds is 3. The van der Waals surface area contributed by atoms with Crippen molar-refractivity contribution in [2.24, 2.45) is 0 Å². The molecular weight excluding hydrogens is 229 g/mol. The maximum absolute atomic E-state index is 13.2. The van der Waals surface area contributed by atoms with Crippen molar-refractivity contribution in [2.45, 2.75) is 0 Å². The molecule has 0 radical (unpaired) electrons. The average Bonchev–Trinajstić information content (AvgIpc) is 2.77. The monoisotopic (exact) mass is 237 g/mol. The van der Waals surface area contributed by atoms with Crippen LogP contribution in [0.5, 0.6) is 6.01 Å². The van der Waals surface area contributed by atoms with E-state index in [1.54, 1.807) is 0 Å². The zero-order chi connectivity index (χ0) is 12.3. The summed E-state index contributed by atoms with van der Waals surface area (Å²) in [6.45, 7) is 0. The van der Waals surface area contributed by atoms with Crippen molar-refractivity contribution >= 4 is 11.9 Å². The molecule has 0 aliphatic carbocycles. The Kier molecular flexibility index (Phi) is 2.95. The topological polar surface area (TPSA) is 92.8 Å². The van der Waals surface area contributed by atoms with Crippen LogP contribution in [0.15, 0.2) is 18.5 Å². The number of nitrogens with zero attached hydrogens (tertiary/aromatic N) is 3. The molecule has 2 heterocycles. The smallest absolute Gasteiger partial charge is 0.336 e. The standard InChI is InChI=1S/C9H8FN5O2/c1-17-9-13-8(14-15-9)12-7(16)5-2-3-11-4-6(5)10/h2-4H,1H3,(H2,12,13,14,15,16). The molecule has 0 saturated carbocycles. The second-order valence-corrected chi connectivity index (χ2v) is 2.98. The van der Waals surface area contributed by atoms with E-state index < -0.39 is 11.7 Å². The van der Waals surface area contributed by atoms with Crippen molar-refractivity contribution in [3.8, 4) is 6.01 Å². The Balaban J connectivity index is 2.14. The maximum Gasteiger partial charge on any atom is 0.336 e. The number of H-pyrrole nitrogens is 1. The summed E-state index contributed by atoms with van der Waals surface area (Å²) >= 11 is 0. The van der Waals surface area contributed by atoms with E-state index in [2.05, 4.69) is 25.5 Å². The number of hydrogen-bond donors (Lipinski definition) is 2. The van der Waals surface area contributed by atoms with Gasteiger partial charge in [-0.25, -0.2) is 9.49 Å². The predicted molar refractivity (Wildman–Crippen MR) is 55.1 cm³/mol. The molecule has 8 heteroatoms. The Morgan fingerprint density at radius 3 is 3.06 bits per heavy atom. The number of methoxy groups -OCH3 is 1. The van der Waals surface area contributed by atoms with E-state index in [0.717, 1.165) is 6.20 Å². The fourth-order valence-electron chi connectivity index (χ4n) is 1.13. The number of halogens is 1. The zero-order valence-electron chi connectivity index (χ0n) is 8.77. The van der Waals surface area contributed by atoms with Crippen LogP contribution in [0, 0.1) is 5.82 Å². The molecule has 2 rings (SSSR count). The molecule has 2 N–H and O–H groups in total. The highest BCUT2D eigenvalue weighted by atomic mass is 19.1. The van der Waals surface area contributed by atoms with Crippen molar-refractivity contribution in [3.63, 3.8) is 0 Å². The van der Waals surface area contributed by atoms with Gasteiger partial charge in [0.05, 0.1) is 18.9 Å². The number of carbonyl (C=O) groups excluding carboxylic acids is 1. The van der Waals surface area contributed by atoms with Crippen LogP contribution in [-0.2, 0) is 0 Å². The number of ether oxygens (including phenoxy) is 1. The van der Waals surface area contributed by atoms with Gasteiger partial charge in [0.15, 0.2) is 5.82 Å². The lowest BCUT2D eigenvalue weighted by Gasteiger charge is -2.01. The molecule has 0 aromatic carbocycles. The summed E-state index contributed by atoms with van der Waals surface area (Å²) in [4.78, 5) is 18.9. The second kappa shape index (κ2) is 4.56. The Morgan fingerprint density at radius 2 is 2.41 bits per heavy atom. The molecule has 0 aliphatic rings. The molecule has 0 saturated heterocycles. The predicted octanol–water partition coefficient (Wildman–Crippen LogP) is 0.600. The highest BCUT2D eigenvalue weighted by Gasteiger charge is 2.13. The molecule has 0 spiro atoms. The van der Waals surface area contributed by atoms with Crippen LogP contribution in [0.25, 0.3) is 0 Å². The molecule has 0 fully saturated rings. The Bertz CT molecular complexity index is 542. The number of hydrogen-bond acceptors (Lipinski definition) is 5. The Morgan fingerprint density at radius 1 is 1.59 bits per heavy atom. The van der Waals surface area contributed by atoms with E-state index in [9.17, 15) is 9.18 Å². The average molecular weight is 237 g/mol. The van der Waals surface area contributed by atoms with E-state index in [0.29, 0.717) is 0 Å². The highest BCUT2D eigenvalue weighted by Crippen LogP contribution is 2.09. The number of aromatic nitrogens is 4. The SMILES string of the molecule is COc1n[nH]c(NC(=O)c2ccncc2F)n1. The van der Waals surface area contributed by atoms with E-state index in [-0.39, 0.29) is 17.5 Å². The highest BCUT2D eigenvalue weighted by molar-refractivity contribution is 6.03. The zero-order valence-corrected chi connectivity index (χ0v) is 8.77. The lowest BCUT2D eigenvalue weighted by Crippen LogP contribution is -2.14. The van der Waals surface area contributed by atoms with Crippen molar-refractivity contribution in [1.29, 1.82) is 0 Å². The Labute approximate surface area is 95.0 Å². The number of nitrogens with one attached hydrogen (secondary N) is 2. The summed E-state index contributed by atoms with van der Waals surface area (Å²) in [7, 11) is 1.39. The van der Waals surface area contributed by atoms with E-state index in [1.807, 2.05) is 0 Å². The van der Waals surface area contributed by atoms with Gasteiger partial charge in [-0.1, -0.05) is 0 Å². The van der Waals surface area contributed by atoms with Gasteiger partial charge >= 0.3 is 6.01 Å². The van der Waals surface area contributed by atoms with Crippen molar-refractivity contribution < 1.29 is 13.9 Å². The van der Waals surface area contributed by atoms with Gasteiger partial charge in [0.1, 0.15) is 0 Å². The molecule has 1 amide bonds. The van der Waals surface area contributed by atoms with E-state index in [4.69, 9.17) is 4.74 Å². The summed E-state index contributed by atoms with van der Waals surface area (Å²) in [6.07, 6.45) is 2.27. The maximum atomic E-state index is 13.2. The Hall–Kier alpha value is -2.51. The van der Waals surface area contributed by atoms with Crippen LogP contribution >= 0.6 is 0 Å². The number of aromatic amines is 1. The normalized spacial score (nSPS) is 10.0. The van der Waals surface area contributed by atoms with Crippen LogP contribution < -0.4 is 10.1 Å². The summed E-state index contributed by atoms with van der Waals surface area (Å²) in [6, 6.07) is 1.34. The lowest BCUT2D eigenvalue weighted by molar-refractivity contribution is 0.102. The first-order chi connectivity index (χ1) is 8.20. The first kappa shape index (κ1) is 11.0. The molecule has 2 aromatic rings. The molecule has 17 heavy (non-hydrogen) atoms. The van der Waals surface area contributed by atoms with Crippen LogP contribution in [0.3, 0.4) is 0 Å². The van der Waals surface area contributed by atoms with Crippen molar-refractivity contribution in [3.05, 3.63) is 29.8 Å². The van der Waals surface area contributed by atoms with Gasteiger partial charge in [-0.05, 0) is 6.07 Å². The third-order valence-electron chi connectivity index (χ3n) is 1.90. The molecule has 0 unspecified atom stereocenters. The van der Waals surface area contributed by atoms with Crippen molar-refractivity contribution in [1.82, 2.24) is 20.2 Å². The molecule has 7 nitrogen and oxygen atoms in total. The van der Waals surface area contributed by atoms with Gasteiger partial charge in [-0.15, -0.1) is 5.10 Å². The van der Waals surface area contributed by atoms with Crippen molar-refractivity contribution in [2.75, 3.05) is 12.4 Å². The van der Waals surface area contributed by atoms with Crippen LogP contribution in [-0.4, -0.2) is 33.2 Å². The molecule has 0 atom stereocenters. The molecule has 0 bridgehead atoms. The largest absolute Gasteiger partial charge is 0.466 e. The second-order valence-electron chi connectivity index (χ2n) is 2.98. The number of anilines is 1. The van der Waals surface area contributed by atoms with Gasteiger partial charge in [0.25, 0.3) is 5.91 Å².